The number of rotatable bonds is 4. The maximum Gasteiger partial charge on any atom is 0.529 e. The van der Waals surface area contributed by atoms with Crippen molar-refractivity contribution in [2.45, 2.75) is 12.5 Å². The Morgan fingerprint density at radius 1 is 1.47 bits per heavy atom. The van der Waals surface area contributed by atoms with Gasteiger partial charge in [0.2, 0.25) is 0 Å². The molecule has 2 N–H and O–H groups in total. The van der Waals surface area contributed by atoms with Gasteiger partial charge in [0, 0.05) is 0 Å². The Labute approximate surface area is 91.8 Å². The SMILES string of the molecule is C[C@H](Cl)OP(=O)(O)Oc1ccccc1O. The molecule has 0 heterocycles. The van der Waals surface area contributed by atoms with Crippen molar-refractivity contribution in [2.75, 3.05) is 0 Å². The van der Waals surface area contributed by atoms with Crippen LogP contribution >= 0.6 is 19.4 Å². The molecule has 0 saturated heterocycles. The number of phenols is 1. The van der Waals surface area contributed by atoms with Crippen LogP contribution in [0.5, 0.6) is 11.5 Å². The van der Waals surface area contributed by atoms with Crippen molar-refractivity contribution >= 4 is 19.4 Å². The smallest absolute Gasteiger partial charge is 0.504 e. The molecule has 0 aliphatic heterocycles. The van der Waals surface area contributed by atoms with Gasteiger partial charge in [0.05, 0.1) is 0 Å². The maximum absolute atomic E-state index is 11.3. The van der Waals surface area contributed by atoms with Crippen molar-refractivity contribution in [1.82, 2.24) is 0 Å². The van der Waals surface area contributed by atoms with E-state index in [0.717, 1.165) is 0 Å². The van der Waals surface area contributed by atoms with Crippen molar-refractivity contribution < 1.29 is 23.6 Å². The summed E-state index contributed by atoms with van der Waals surface area (Å²) in [5.74, 6) is -0.391. The lowest BCUT2D eigenvalue weighted by Crippen LogP contribution is -2.02. The summed E-state index contributed by atoms with van der Waals surface area (Å²) in [7, 11) is -4.29. The molecule has 0 aromatic heterocycles. The first-order chi connectivity index (χ1) is 6.91. The summed E-state index contributed by atoms with van der Waals surface area (Å²) in [5.41, 5.74) is -0.966. The predicted octanol–water partition coefficient (Wildman–Crippen LogP) is 2.47. The van der Waals surface area contributed by atoms with Crippen molar-refractivity contribution in [3.8, 4) is 11.5 Å². The largest absolute Gasteiger partial charge is 0.529 e. The molecule has 5 nitrogen and oxygen atoms in total. The van der Waals surface area contributed by atoms with Crippen LogP contribution < -0.4 is 4.52 Å². The lowest BCUT2D eigenvalue weighted by molar-refractivity contribution is 0.192. The van der Waals surface area contributed by atoms with Crippen molar-refractivity contribution in [1.29, 1.82) is 0 Å². The van der Waals surface area contributed by atoms with Gasteiger partial charge in [-0.2, -0.15) is 0 Å². The lowest BCUT2D eigenvalue weighted by atomic mass is 10.3. The Hall–Kier alpha value is -0.740. The zero-order valence-corrected chi connectivity index (χ0v) is 9.48. The molecule has 0 bridgehead atoms. The first-order valence-corrected chi connectivity index (χ1v) is 5.97. The lowest BCUT2D eigenvalue weighted by Gasteiger charge is -2.14. The van der Waals surface area contributed by atoms with Gasteiger partial charge in [0.15, 0.2) is 11.5 Å². The van der Waals surface area contributed by atoms with E-state index >= 15 is 0 Å². The Balaban J connectivity index is 2.78. The number of halogens is 1. The Morgan fingerprint density at radius 3 is 2.60 bits per heavy atom. The number of para-hydroxylation sites is 2. The van der Waals surface area contributed by atoms with Gasteiger partial charge < -0.3 is 9.63 Å². The average molecular weight is 253 g/mol. The summed E-state index contributed by atoms with van der Waals surface area (Å²) in [6.45, 7) is 1.37. The highest BCUT2D eigenvalue weighted by Crippen LogP contribution is 2.47. The normalized spacial score (nSPS) is 16.7. The van der Waals surface area contributed by atoms with E-state index in [9.17, 15) is 14.6 Å². The topological polar surface area (TPSA) is 76.0 Å². The number of hydrogen-bond acceptors (Lipinski definition) is 4. The second kappa shape index (κ2) is 4.86. The molecule has 0 radical (unpaired) electrons. The maximum atomic E-state index is 11.3. The average Bonchev–Trinajstić information content (AvgIpc) is 2.06. The minimum atomic E-state index is -4.29. The number of phosphoric acid groups is 1. The molecule has 0 amide bonds. The quantitative estimate of drug-likeness (QED) is 0.636. The van der Waals surface area contributed by atoms with Gasteiger partial charge in [-0.05, 0) is 19.1 Å². The highest BCUT2D eigenvalue weighted by Gasteiger charge is 2.26. The van der Waals surface area contributed by atoms with E-state index in [4.69, 9.17) is 11.6 Å². The zero-order chi connectivity index (χ0) is 11.5. The molecular formula is C8H10ClO5P. The highest BCUT2D eigenvalue weighted by molar-refractivity contribution is 7.47. The molecule has 0 spiro atoms. The number of phosphoric ester groups is 1. The van der Waals surface area contributed by atoms with Gasteiger partial charge in [0.25, 0.3) is 0 Å². The fourth-order valence-electron chi connectivity index (χ4n) is 0.864. The molecule has 7 heteroatoms. The van der Waals surface area contributed by atoms with Crippen LogP contribution in [-0.2, 0) is 9.09 Å². The molecule has 2 atom stereocenters. The van der Waals surface area contributed by atoms with Gasteiger partial charge in [-0.3, -0.25) is 9.42 Å². The summed E-state index contributed by atoms with van der Waals surface area (Å²) >= 11 is 5.37. The summed E-state index contributed by atoms with van der Waals surface area (Å²) in [6, 6.07) is 5.74. The van der Waals surface area contributed by atoms with E-state index in [1.165, 1.54) is 19.1 Å². The molecule has 0 aliphatic rings. The minimum absolute atomic E-state index is 0.138. The molecule has 1 aromatic rings. The number of aromatic hydroxyl groups is 1. The molecular weight excluding hydrogens is 243 g/mol. The van der Waals surface area contributed by atoms with Crippen LogP contribution in [0, 0.1) is 0 Å². The molecule has 0 saturated carbocycles. The Morgan fingerprint density at radius 2 is 2.07 bits per heavy atom. The third kappa shape index (κ3) is 4.10. The van der Waals surface area contributed by atoms with Crippen LogP contribution in [0.1, 0.15) is 6.92 Å². The van der Waals surface area contributed by atoms with Crippen LogP contribution in [-0.4, -0.2) is 15.6 Å². The second-order valence-electron chi connectivity index (χ2n) is 2.68. The van der Waals surface area contributed by atoms with Crippen LogP contribution in [0.15, 0.2) is 24.3 Å². The number of phenolic OH excluding ortho intramolecular Hbond substituents is 1. The van der Waals surface area contributed by atoms with Gasteiger partial charge >= 0.3 is 7.82 Å². The summed E-state index contributed by atoms with van der Waals surface area (Å²) in [4.78, 5) is 9.18. The summed E-state index contributed by atoms with van der Waals surface area (Å²) < 4.78 is 20.3. The fourth-order valence-corrected chi connectivity index (χ4v) is 1.98. The van der Waals surface area contributed by atoms with E-state index in [1.54, 1.807) is 12.1 Å². The summed E-state index contributed by atoms with van der Waals surface area (Å²) in [6.07, 6.45) is 0. The number of hydrogen-bond donors (Lipinski definition) is 2. The molecule has 1 rings (SSSR count). The molecule has 0 aliphatic carbocycles. The van der Waals surface area contributed by atoms with E-state index in [-0.39, 0.29) is 11.5 Å². The van der Waals surface area contributed by atoms with Gasteiger partial charge in [0.1, 0.15) is 5.56 Å². The van der Waals surface area contributed by atoms with Crippen molar-refractivity contribution in [2.24, 2.45) is 0 Å². The van der Waals surface area contributed by atoms with Gasteiger partial charge in [-0.25, -0.2) is 4.57 Å². The van der Waals surface area contributed by atoms with E-state index in [2.05, 4.69) is 9.05 Å². The van der Waals surface area contributed by atoms with E-state index < -0.39 is 13.4 Å². The van der Waals surface area contributed by atoms with Crippen LogP contribution in [0.4, 0.5) is 0 Å². The molecule has 84 valence electrons. The highest BCUT2D eigenvalue weighted by atomic mass is 35.5. The monoisotopic (exact) mass is 252 g/mol. The Kier molecular flexibility index (Phi) is 3.99. The predicted molar refractivity (Wildman–Crippen MR) is 55.0 cm³/mol. The second-order valence-corrected chi connectivity index (χ2v) is 4.62. The first kappa shape index (κ1) is 12.3. The zero-order valence-electron chi connectivity index (χ0n) is 7.83. The Bertz CT molecular complexity index is 381. The van der Waals surface area contributed by atoms with Crippen molar-refractivity contribution in [3.63, 3.8) is 0 Å². The molecule has 1 aromatic carbocycles. The first-order valence-electron chi connectivity index (χ1n) is 4.03. The number of benzene rings is 1. The minimum Gasteiger partial charge on any atom is -0.504 e. The third-order valence-corrected chi connectivity index (χ3v) is 2.58. The molecule has 0 fully saturated rings. The van der Waals surface area contributed by atoms with E-state index in [1.807, 2.05) is 0 Å². The van der Waals surface area contributed by atoms with Crippen LogP contribution in [0.25, 0.3) is 0 Å². The van der Waals surface area contributed by atoms with Crippen LogP contribution in [0.2, 0.25) is 0 Å². The fraction of sp³-hybridized carbons (Fsp3) is 0.250. The molecule has 15 heavy (non-hydrogen) atoms. The van der Waals surface area contributed by atoms with E-state index in [0.29, 0.717) is 0 Å². The molecule has 1 unspecified atom stereocenters. The van der Waals surface area contributed by atoms with Gasteiger partial charge in [-0.1, -0.05) is 23.7 Å². The number of alkyl halides is 1. The van der Waals surface area contributed by atoms with Crippen molar-refractivity contribution in [3.05, 3.63) is 24.3 Å². The summed E-state index contributed by atoms with van der Waals surface area (Å²) in [5, 5.41) is 9.26. The van der Waals surface area contributed by atoms with Gasteiger partial charge in [-0.15, -0.1) is 0 Å². The van der Waals surface area contributed by atoms with Crippen LogP contribution in [0.3, 0.4) is 0 Å². The standard InChI is InChI=1S/C8H10ClO5P/c1-6(9)13-15(11,12)14-8-5-3-2-4-7(8)10/h2-6,10H,1H3,(H,11,12)/t6-/m1/s1. The third-order valence-electron chi connectivity index (χ3n) is 1.36.